The van der Waals surface area contributed by atoms with Crippen LogP contribution in [0.25, 0.3) is 10.9 Å². The van der Waals surface area contributed by atoms with Crippen LogP contribution < -0.4 is 4.72 Å². The quantitative estimate of drug-likeness (QED) is 0.758. The van der Waals surface area contributed by atoms with Crippen molar-refractivity contribution in [2.45, 2.75) is 4.90 Å². The second-order valence-corrected chi connectivity index (χ2v) is 4.65. The second-order valence-electron chi connectivity index (χ2n) is 2.80. The lowest BCUT2D eigenvalue weighted by Gasteiger charge is -2.02. The summed E-state index contributed by atoms with van der Waals surface area (Å²) < 4.78 is 25.4. The van der Waals surface area contributed by atoms with Gasteiger partial charge in [-0.2, -0.15) is 5.10 Å². The van der Waals surface area contributed by atoms with E-state index >= 15 is 0 Å². The monoisotopic (exact) mass is 211 g/mol. The smallest absolute Gasteiger partial charge is 0.242 e. The van der Waals surface area contributed by atoms with Crippen molar-refractivity contribution in [1.82, 2.24) is 14.9 Å². The largest absolute Gasteiger partial charge is 0.276 e. The summed E-state index contributed by atoms with van der Waals surface area (Å²) >= 11 is 0. The van der Waals surface area contributed by atoms with Crippen LogP contribution in [0.5, 0.6) is 0 Å². The normalized spacial score (nSPS) is 12.1. The number of para-hydroxylation sites is 1. The van der Waals surface area contributed by atoms with Crippen molar-refractivity contribution in [2.24, 2.45) is 0 Å². The molecule has 0 saturated carbocycles. The van der Waals surface area contributed by atoms with Crippen molar-refractivity contribution in [2.75, 3.05) is 7.05 Å². The minimum Gasteiger partial charge on any atom is -0.276 e. The molecule has 5 nitrogen and oxygen atoms in total. The zero-order chi connectivity index (χ0) is 10.2. The first-order valence-electron chi connectivity index (χ1n) is 4.01. The lowest BCUT2D eigenvalue weighted by atomic mass is 10.3. The Kier molecular flexibility index (Phi) is 2.01. The summed E-state index contributed by atoms with van der Waals surface area (Å²) in [6.07, 6.45) is 1.59. The SMILES string of the molecule is CNS(=O)(=O)c1cccc2cn[nH]c12. The molecule has 1 heterocycles. The highest BCUT2D eigenvalue weighted by molar-refractivity contribution is 7.89. The van der Waals surface area contributed by atoms with Crippen LogP contribution in [0.3, 0.4) is 0 Å². The number of nitrogens with one attached hydrogen (secondary N) is 2. The van der Waals surface area contributed by atoms with Gasteiger partial charge in [0.25, 0.3) is 0 Å². The van der Waals surface area contributed by atoms with Gasteiger partial charge in [0, 0.05) is 5.39 Å². The Morgan fingerprint density at radius 2 is 2.21 bits per heavy atom. The van der Waals surface area contributed by atoms with Gasteiger partial charge >= 0.3 is 0 Å². The predicted octanol–water partition coefficient (Wildman–Crippen LogP) is 0.471. The Labute approximate surface area is 81.2 Å². The van der Waals surface area contributed by atoms with Crippen LogP contribution in [0.4, 0.5) is 0 Å². The van der Waals surface area contributed by atoms with Gasteiger partial charge in [-0.1, -0.05) is 12.1 Å². The molecule has 1 aromatic carbocycles. The van der Waals surface area contributed by atoms with E-state index in [1.165, 1.54) is 13.1 Å². The topological polar surface area (TPSA) is 74.8 Å². The van der Waals surface area contributed by atoms with Crippen molar-refractivity contribution < 1.29 is 8.42 Å². The van der Waals surface area contributed by atoms with Crippen molar-refractivity contribution >= 4 is 20.9 Å². The van der Waals surface area contributed by atoms with Crippen molar-refractivity contribution in [1.29, 1.82) is 0 Å². The Balaban J connectivity index is 2.81. The maximum Gasteiger partial charge on any atom is 0.242 e. The van der Waals surface area contributed by atoms with Crippen molar-refractivity contribution in [3.05, 3.63) is 24.4 Å². The number of sulfonamides is 1. The zero-order valence-corrected chi connectivity index (χ0v) is 8.30. The highest BCUT2D eigenvalue weighted by atomic mass is 32.2. The Morgan fingerprint density at radius 3 is 2.93 bits per heavy atom. The first-order chi connectivity index (χ1) is 6.65. The Hall–Kier alpha value is -1.40. The molecule has 0 aliphatic heterocycles. The van der Waals surface area contributed by atoms with Gasteiger partial charge < -0.3 is 0 Å². The number of benzene rings is 1. The molecule has 0 fully saturated rings. The lowest BCUT2D eigenvalue weighted by molar-refractivity contribution is 0.589. The van der Waals surface area contributed by atoms with Crippen molar-refractivity contribution in [3.8, 4) is 0 Å². The van der Waals surface area contributed by atoms with Gasteiger partial charge in [0.1, 0.15) is 4.90 Å². The summed E-state index contributed by atoms with van der Waals surface area (Å²) in [4.78, 5) is 0.218. The zero-order valence-electron chi connectivity index (χ0n) is 7.48. The first-order valence-corrected chi connectivity index (χ1v) is 5.49. The average molecular weight is 211 g/mol. The van der Waals surface area contributed by atoms with Gasteiger partial charge in [-0.25, -0.2) is 13.1 Å². The maximum absolute atomic E-state index is 11.6. The molecule has 1 aromatic heterocycles. The molecule has 2 N–H and O–H groups in total. The van der Waals surface area contributed by atoms with E-state index in [-0.39, 0.29) is 4.90 Å². The summed E-state index contributed by atoms with van der Waals surface area (Å²) in [6.45, 7) is 0. The number of hydrogen-bond donors (Lipinski definition) is 2. The lowest BCUT2D eigenvalue weighted by Crippen LogP contribution is -2.18. The number of rotatable bonds is 2. The van der Waals surface area contributed by atoms with Crippen LogP contribution in [0.15, 0.2) is 29.3 Å². The van der Waals surface area contributed by atoms with Gasteiger partial charge in [-0.15, -0.1) is 0 Å². The molecule has 0 aliphatic rings. The van der Waals surface area contributed by atoms with Crippen LogP contribution in [-0.4, -0.2) is 25.7 Å². The highest BCUT2D eigenvalue weighted by Crippen LogP contribution is 2.19. The Bertz CT molecular complexity index is 559. The third-order valence-electron chi connectivity index (χ3n) is 2.00. The number of fused-ring (bicyclic) bond motifs is 1. The number of nitrogens with zero attached hydrogens (tertiary/aromatic N) is 1. The van der Waals surface area contributed by atoms with Crippen LogP contribution in [0.2, 0.25) is 0 Å². The van der Waals surface area contributed by atoms with Gasteiger partial charge in [-0.3, -0.25) is 5.10 Å². The molecule has 0 aliphatic carbocycles. The van der Waals surface area contributed by atoms with Gasteiger partial charge in [0.05, 0.1) is 11.7 Å². The molecule has 0 atom stereocenters. The second kappa shape index (κ2) is 3.07. The minimum atomic E-state index is -3.42. The van der Waals surface area contributed by atoms with Crippen molar-refractivity contribution in [3.63, 3.8) is 0 Å². The summed E-state index contributed by atoms with van der Waals surface area (Å²) in [5.41, 5.74) is 0.529. The van der Waals surface area contributed by atoms with E-state index < -0.39 is 10.0 Å². The molecule has 6 heteroatoms. The third kappa shape index (κ3) is 1.28. The average Bonchev–Trinajstić information content (AvgIpc) is 2.64. The third-order valence-corrected chi connectivity index (χ3v) is 3.45. The molecule has 2 aromatic rings. The van der Waals surface area contributed by atoms with Gasteiger partial charge in [-0.05, 0) is 13.1 Å². The molecule has 0 radical (unpaired) electrons. The van der Waals surface area contributed by atoms with Gasteiger partial charge in [0.15, 0.2) is 0 Å². The summed E-state index contributed by atoms with van der Waals surface area (Å²) in [6, 6.07) is 5.02. The number of H-pyrrole nitrogens is 1. The van der Waals surface area contributed by atoms with E-state index in [0.717, 1.165) is 5.39 Å². The molecule has 0 amide bonds. The van der Waals surface area contributed by atoms with E-state index in [9.17, 15) is 8.42 Å². The fourth-order valence-corrected chi connectivity index (χ4v) is 2.19. The molecule has 2 rings (SSSR count). The summed E-state index contributed by atoms with van der Waals surface area (Å²) in [5, 5.41) is 7.23. The van der Waals surface area contributed by atoms with E-state index in [1.54, 1.807) is 18.3 Å². The molecule has 0 spiro atoms. The Morgan fingerprint density at radius 1 is 1.43 bits per heavy atom. The summed E-state index contributed by atoms with van der Waals surface area (Å²) in [7, 11) is -2.04. The molecule has 74 valence electrons. The minimum absolute atomic E-state index is 0.218. The van der Waals surface area contributed by atoms with E-state index in [4.69, 9.17) is 0 Å². The first kappa shape index (κ1) is 9.17. The van der Waals surface area contributed by atoms with Crippen LogP contribution >= 0.6 is 0 Å². The highest BCUT2D eigenvalue weighted by Gasteiger charge is 2.15. The van der Waals surface area contributed by atoms with E-state index in [0.29, 0.717) is 5.52 Å². The fourth-order valence-electron chi connectivity index (χ4n) is 1.28. The van der Waals surface area contributed by atoms with E-state index in [2.05, 4.69) is 14.9 Å². The number of hydrogen-bond acceptors (Lipinski definition) is 3. The standard InChI is InChI=1S/C8H9N3O2S/c1-9-14(12,13)7-4-2-3-6-5-10-11-8(6)7/h2-5,9H,1H3,(H,10,11). The van der Waals surface area contributed by atoms with Gasteiger partial charge in [0.2, 0.25) is 10.0 Å². The molecule has 0 unspecified atom stereocenters. The predicted molar refractivity (Wildman–Crippen MR) is 52.3 cm³/mol. The van der Waals surface area contributed by atoms with Crippen LogP contribution in [0, 0.1) is 0 Å². The maximum atomic E-state index is 11.6. The van der Waals surface area contributed by atoms with E-state index in [1.807, 2.05) is 0 Å². The number of aromatic nitrogens is 2. The number of aromatic amines is 1. The molecule has 14 heavy (non-hydrogen) atoms. The fraction of sp³-hybridized carbons (Fsp3) is 0.125. The van der Waals surface area contributed by atoms with Crippen LogP contribution in [-0.2, 0) is 10.0 Å². The molecule has 0 saturated heterocycles. The molecular weight excluding hydrogens is 202 g/mol. The molecular formula is C8H9N3O2S. The summed E-state index contributed by atoms with van der Waals surface area (Å²) in [5.74, 6) is 0. The molecule has 0 bridgehead atoms. The van der Waals surface area contributed by atoms with Crippen LogP contribution in [0.1, 0.15) is 0 Å².